The maximum atomic E-state index is 11.1. The number of benzene rings is 1. The van der Waals surface area contributed by atoms with Crippen LogP contribution < -0.4 is 0 Å². The largest absolute Gasteiger partial charge is 0.462 e. The van der Waals surface area contributed by atoms with Crippen LogP contribution >= 0.6 is 0 Å². The lowest BCUT2D eigenvalue weighted by Crippen LogP contribution is -2.18. The maximum absolute atomic E-state index is 11.1. The summed E-state index contributed by atoms with van der Waals surface area (Å²) in [5, 5.41) is 0. The van der Waals surface area contributed by atoms with Gasteiger partial charge in [0.25, 0.3) is 0 Å². The number of hydrogen-bond donors (Lipinski definition) is 0. The van der Waals surface area contributed by atoms with E-state index in [-0.39, 0.29) is 5.57 Å². The highest BCUT2D eigenvalue weighted by Gasteiger charge is 2.17. The summed E-state index contributed by atoms with van der Waals surface area (Å²) in [6, 6.07) is 8.45. The summed E-state index contributed by atoms with van der Waals surface area (Å²) in [6.07, 6.45) is 1.42. The molecule has 0 fully saturated rings. The van der Waals surface area contributed by atoms with Gasteiger partial charge in [-0.25, -0.2) is 9.59 Å². The maximum Gasteiger partial charge on any atom is 0.344 e. The van der Waals surface area contributed by atoms with Gasteiger partial charge >= 0.3 is 11.9 Å². The highest BCUT2D eigenvalue weighted by molar-refractivity contribution is 6.13. The fourth-order valence-corrected chi connectivity index (χ4v) is 1.45. The van der Waals surface area contributed by atoms with Crippen LogP contribution in [0.3, 0.4) is 0 Å². The Morgan fingerprint density at radius 3 is 1.64 bits per heavy atom. The smallest absolute Gasteiger partial charge is 0.344 e. The molecule has 0 aliphatic heterocycles. The second-order valence-electron chi connectivity index (χ2n) is 4.91. The van der Waals surface area contributed by atoms with Crippen LogP contribution in [0, 0.1) is 13.8 Å². The zero-order valence-electron chi connectivity index (χ0n) is 14.0. The molecule has 0 aromatic heterocycles. The second-order valence-corrected chi connectivity index (χ2v) is 4.91. The third kappa shape index (κ3) is 8.95. The average Bonchev–Trinajstić information content (AvgIpc) is 2.49. The molecule has 1 aromatic carbocycles. The Morgan fingerprint density at radius 2 is 1.36 bits per heavy atom. The van der Waals surface area contributed by atoms with Gasteiger partial charge in [0.05, 0.1) is 13.2 Å². The zero-order chi connectivity index (χ0) is 17.0. The van der Waals surface area contributed by atoms with Crippen molar-refractivity contribution in [2.75, 3.05) is 13.2 Å². The summed E-state index contributed by atoms with van der Waals surface area (Å²) in [4.78, 5) is 22.2. The van der Waals surface area contributed by atoms with Crippen molar-refractivity contribution in [3.05, 3.63) is 47.5 Å². The molecule has 22 heavy (non-hydrogen) atoms. The fraction of sp³-hybridized carbons (Fsp3) is 0.444. The molecule has 0 heterocycles. The Bertz CT molecular complexity index is 452. The molecule has 4 heteroatoms. The monoisotopic (exact) mass is 306 g/mol. The molecule has 1 rings (SSSR count). The average molecular weight is 306 g/mol. The Labute approximate surface area is 133 Å². The Hall–Kier alpha value is -2.10. The van der Waals surface area contributed by atoms with Crippen molar-refractivity contribution in [1.29, 1.82) is 0 Å². The lowest BCUT2D eigenvalue weighted by molar-refractivity contribution is -0.147. The van der Waals surface area contributed by atoms with Crippen LogP contribution in [-0.2, 0) is 19.1 Å². The second kappa shape index (κ2) is 11.5. The van der Waals surface area contributed by atoms with E-state index < -0.39 is 11.9 Å². The Morgan fingerprint density at radius 1 is 0.955 bits per heavy atom. The van der Waals surface area contributed by atoms with E-state index in [4.69, 9.17) is 9.47 Å². The van der Waals surface area contributed by atoms with Crippen LogP contribution in [0.2, 0.25) is 0 Å². The van der Waals surface area contributed by atoms with Gasteiger partial charge in [-0.05, 0) is 26.7 Å². The van der Waals surface area contributed by atoms with Gasteiger partial charge in [-0.15, -0.1) is 0 Å². The number of esters is 2. The molecule has 0 aliphatic rings. The summed E-state index contributed by atoms with van der Waals surface area (Å²) in [5.41, 5.74) is 2.43. The third-order valence-corrected chi connectivity index (χ3v) is 2.54. The van der Waals surface area contributed by atoms with Crippen LogP contribution in [-0.4, -0.2) is 25.2 Å². The van der Waals surface area contributed by atoms with Gasteiger partial charge in [-0.2, -0.15) is 0 Å². The van der Waals surface area contributed by atoms with E-state index in [1.807, 2.05) is 13.8 Å². The fourth-order valence-electron chi connectivity index (χ4n) is 1.45. The quantitative estimate of drug-likeness (QED) is 0.347. The molecule has 4 nitrogen and oxygen atoms in total. The van der Waals surface area contributed by atoms with E-state index in [9.17, 15) is 9.59 Å². The summed E-state index contributed by atoms with van der Waals surface area (Å²) < 4.78 is 9.43. The molecule has 0 atom stereocenters. The third-order valence-electron chi connectivity index (χ3n) is 2.54. The molecule has 0 amide bonds. The number of rotatable bonds is 6. The highest BCUT2D eigenvalue weighted by atomic mass is 16.6. The molecule has 0 saturated heterocycles. The van der Waals surface area contributed by atoms with Crippen molar-refractivity contribution in [3.8, 4) is 0 Å². The molecular formula is C18H26O4. The first-order chi connectivity index (χ1) is 10.4. The summed E-state index contributed by atoms with van der Waals surface area (Å²) in [5.74, 6) is -1.40. The van der Waals surface area contributed by atoms with Crippen LogP contribution in [0.4, 0.5) is 0 Å². The molecule has 0 saturated carbocycles. The minimum absolute atomic E-state index is 0.244. The van der Waals surface area contributed by atoms with E-state index in [0.717, 1.165) is 0 Å². The zero-order valence-corrected chi connectivity index (χ0v) is 14.0. The molecule has 0 bridgehead atoms. The standard InChI is InChI=1S/C10H16O4.C8H10/c1-4-6-13-9(11)8(3)10(12)14-7-5-2;1-7-4-3-5-8(2)6-7/h3-7H2,1-2H3;3-6H,1-2H3. The highest BCUT2D eigenvalue weighted by Crippen LogP contribution is 2.00. The lowest BCUT2D eigenvalue weighted by Gasteiger charge is -2.05. The van der Waals surface area contributed by atoms with Crippen molar-refractivity contribution in [3.63, 3.8) is 0 Å². The first-order valence-electron chi connectivity index (χ1n) is 7.48. The summed E-state index contributed by atoms with van der Waals surface area (Å²) in [7, 11) is 0. The molecule has 1 aromatic rings. The van der Waals surface area contributed by atoms with Crippen molar-refractivity contribution in [2.24, 2.45) is 0 Å². The number of carbonyl (C=O) groups is 2. The van der Waals surface area contributed by atoms with Crippen molar-refractivity contribution < 1.29 is 19.1 Å². The number of hydrogen-bond acceptors (Lipinski definition) is 4. The summed E-state index contributed by atoms with van der Waals surface area (Å²) >= 11 is 0. The predicted molar refractivity (Wildman–Crippen MR) is 87.6 cm³/mol. The van der Waals surface area contributed by atoms with Gasteiger partial charge in [0.15, 0.2) is 0 Å². The van der Waals surface area contributed by atoms with Crippen LogP contribution in [0.5, 0.6) is 0 Å². The van der Waals surface area contributed by atoms with E-state index in [2.05, 4.69) is 44.7 Å². The topological polar surface area (TPSA) is 52.6 Å². The minimum atomic E-state index is -0.701. The van der Waals surface area contributed by atoms with Crippen LogP contribution in [0.25, 0.3) is 0 Å². The van der Waals surface area contributed by atoms with Crippen molar-refractivity contribution in [1.82, 2.24) is 0 Å². The SMILES string of the molecule is C=C(C(=O)OCCC)C(=O)OCCC.Cc1cccc(C)c1. The molecule has 0 N–H and O–H groups in total. The Kier molecular flexibility index (Phi) is 10.4. The van der Waals surface area contributed by atoms with Crippen LogP contribution in [0.15, 0.2) is 36.4 Å². The van der Waals surface area contributed by atoms with Gasteiger partial charge in [-0.3, -0.25) is 0 Å². The molecule has 0 unspecified atom stereocenters. The molecular weight excluding hydrogens is 280 g/mol. The van der Waals surface area contributed by atoms with E-state index in [0.29, 0.717) is 26.1 Å². The van der Waals surface area contributed by atoms with Crippen molar-refractivity contribution >= 4 is 11.9 Å². The number of carbonyl (C=O) groups excluding carboxylic acids is 2. The summed E-state index contributed by atoms with van der Waals surface area (Å²) in [6.45, 7) is 11.8. The molecule has 0 aliphatic carbocycles. The van der Waals surface area contributed by atoms with Gasteiger partial charge in [0.1, 0.15) is 5.57 Å². The number of aryl methyl sites for hydroxylation is 2. The van der Waals surface area contributed by atoms with Crippen molar-refractivity contribution in [2.45, 2.75) is 40.5 Å². The Balaban J connectivity index is 0.000000461. The van der Waals surface area contributed by atoms with E-state index >= 15 is 0 Å². The van der Waals surface area contributed by atoms with E-state index in [1.165, 1.54) is 11.1 Å². The van der Waals surface area contributed by atoms with Gasteiger partial charge in [-0.1, -0.05) is 55.8 Å². The minimum Gasteiger partial charge on any atom is -0.462 e. The first-order valence-corrected chi connectivity index (χ1v) is 7.48. The normalized spacial score (nSPS) is 9.27. The van der Waals surface area contributed by atoms with E-state index in [1.54, 1.807) is 0 Å². The van der Waals surface area contributed by atoms with Gasteiger partial charge in [0.2, 0.25) is 0 Å². The van der Waals surface area contributed by atoms with Crippen LogP contribution in [0.1, 0.15) is 37.8 Å². The van der Waals surface area contributed by atoms with Gasteiger partial charge in [0, 0.05) is 0 Å². The first kappa shape index (κ1) is 19.9. The molecule has 122 valence electrons. The predicted octanol–water partition coefficient (Wildman–Crippen LogP) is 3.75. The molecule has 0 radical (unpaired) electrons. The lowest BCUT2D eigenvalue weighted by atomic mass is 10.2. The van der Waals surface area contributed by atoms with Gasteiger partial charge < -0.3 is 9.47 Å². The number of ether oxygens (including phenoxy) is 2. The molecule has 0 spiro atoms.